The summed E-state index contributed by atoms with van der Waals surface area (Å²) >= 11 is 1.43. The number of fused-ring (bicyclic) bond motifs is 1. The van der Waals surface area contributed by atoms with Gasteiger partial charge in [0.05, 0.1) is 17.5 Å². The maximum absolute atomic E-state index is 12.0. The SMILES string of the molecule is CC(C)C(=O)N=C1S[C@H]2CS(=O)(=O)C[C@H]2N1Cc1ccccc1. The van der Waals surface area contributed by atoms with Crippen molar-refractivity contribution >= 4 is 32.7 Å². The smallest absolute Gasteiger partial charge is 0.250 e. The summed E-state index contributed by atoms with van der Waals surface area (Å²) in [5.74, 6) is -0.00576. The lowest BCUT2D eigenvalue weighted by molar-refractivity contribution is -0.120. The fourth-order valence-corrected chi connectivity index (χ4v) is 6.78. The molecule has 2 aliphatic heterocycles. The summed E-state index contributed by atoms with van der Waals surface area (Å²) < 4.78 is 23.9. The highest BCUT2D eigenvalue weighted by molar-refractivity contribution is 8.15. The van der Waals surface area contributed by atoms with E-state index < -0.39 is 9.84 Å². The molecule has 7 heteroatoms. The van der Waals surface area contributed by atoms with Crippen LogP contribution in [-0.2, 0) is 21.2 Å². The van der Waals surface area contributed by atoms with Crippen LogP contribution >= 0.6 is 11.8 Å². The van der Waals surface area contributed by atoms with Crippen LogP contribution in [0.1, 0.15) is 19.4 Å². The Balaban J connectivity index is 1.89. The van der Waals surface area contributed by atoms with Gasteiger partial charge >= 0.3 is 0 Å². The summed E-state index contributed by atoms with van der Waals surface area (Å²) in [5.41, 5.74) is 1.09. The van der Waals surface area contributed by atoms with Crippen LogP contribution in [0.3, 0.4) is 0 Å². The van der Waals surface area contributed by atoms with Crippen molar-refractivity contribution in [3.8, 4) is 0 Å². The Hall–Kier alpha value is -1.34. The molecule has 3 rings (SSSR count). The van der Waals surface area contributed by atoms with Gasteiger partial charge in [-0.1, -0.05) is 55.9 Å². The van der Waals surface area contributed by atoms with Gasteiger partial charge in [0.2, 0.25) is 0 Å². The first-order valence-corrected chi connectivity index (χ1v) is 10.4. The lowest BCUT2D eigenvalue weighted by Crippen LogP contribution is -2.37. The van der Waals surface area contributed by atoms with Gasteiger partial charge in [0.25, 0.3) is 5.91 Å². The van der Waals surface area contributed by atoms with Crippen LogP contribution < -0.4 is 0 Å². The van der Waals surface area contributed by atoms with Crippen LogP contribution in [0, 0.1) is 5.92 Å². The number of thioether (sulfide) groups is 1. The second-order valence-corrected chi connectivity index (χ2v) is 9.66. The molecular formula is C16H20N2O3S2. The lowest BCUT2D eigenvalue weighted by atomic mass is 10.1. The summed E-state index contributed by atoms with van der Waals surface area (Å²) in [4.78, 5) is 18.2. The first kappa shape index (κ1) is 16.5. The van der Waals surface area contributed by atoms with Crippen molar-refractivity contribution in [2.45, 2.75) is 31.7 Å². The predicted octanol–water partition coefficient (Wildman–Crippen LogP) is 1.94. The maximum atomic E-state index is 12.0. The number of nitrogens with zero attached hydrogens (tertiary/aromatic N) is 2. The number of carbonyl (C=O) groups is 1. The number of rotatable bonds is 3. The molecule has 2 atom stereocenters. The van der Waals surface area contributed by atoms with Gasteiger partial charge in [-0.3, -0.25) is 4.79 Å². The minimum atomic E-state index is -3.00. The second-order valence-electron chi connectivity index (χ2n) is 6.30. The summed E-state index contributed by atoms with van der Waals surface area (Å²) in [6.45, 7) is 4.21. The fourth-order valence-electron chi connectivity index (χ4n) is 2.82. The van der Waals surface area contributed by atoms with E-state index in [-0.39, 0.29) is 34.6 Å². The Morgan fingerprint density at radius 3 is 2.65 bits per heavy atom. The van der Waals surface area contributed by atoms with Crippen LogP contribution in [0.2, 0.25) is 0 Å². The molecule has 2 aliphatic rings. The third kappa shape index (κ3) is 3.61. The normalized spacial score (nSPS) is 27.6. The van der Waals surface area contributed by atoms with Crippen LogP contribution in [-0.4, -0.2) is 47.2 Å². The van der Waals surface area contributed by atoms with E-state index in [1.54, 1.807) is 0 Å². The lowest BCUT2D eigenvalue weighted by Gasteiger charge is -2.24. The Labute approximate surface area is 141 Å². The number of benzene rings is 1. The van der Waals surface area contributed by atoms with E-state index in [4.69, 9.17) is 0 Å². The Kier molecular flexibility index (Phi) is 4.51. The third-order valence-corrected chi connectivity index (χ3v) is 7.32. The molecule has 0 aromatic heterocycles. The average Bonchev–Trinajstić information content (AvgIpc) is 2.93. The van der Waals surface area contributed by atoms with Crippen molar-refractivity contribution < 1.29 is 13.2 Å². The Morgan fingerprint density at radius 2 is 2.00 bits per heavy atom. The van der Waals surface area contributed by atoms with E-state index in [0.29, 0.717) is 11.7 Å². The monoisotopic (exact) mass is 352 g/mol. The topological polar surface area (TPSA) is 66.8 Å². The van der Waals surface area contributed by atoms with Crippen molar-refractivity contribution in [3.05, 3.63) is 35.9 Å². The van der Waals surface area contributed by atoms with Crippen LogP contribution in [0.15, 0.2) is 35.3 Å². The zero-order chi connectivity index (χ0) is 16.6. The second kappa shape index (κ2) is 6.28. The molecule has 0 radical (unpaired) electrons. The Bertz CT molecular complexity index is 729. The number of amidine groups is 1. The molecule has 2 saturated heterocycles. The molecule has 23 heavy (non-hydrogen) atoms. The van der Waals surface area contributed by atoms with Crippen molar-refractivity contribution in [1.29, 1.82) is 0 Å². The number of hydrogen-bond donors (Lipinski definition) is 0. The summed E-state index contributed by atoms with van der Waals surface area (Å²) in [6, 6.07) is 9.77. The van der Waals surface area contributed by atoms with Gasteiger partial charge in [-0.25, -0.2) is 8.42 Å². The van der Waals surface area contributed by atoms with E-state index in [0.717, 1.165) is 5.56 Å². The number of amides is 1. The molecule has 1 aromatic carbocycles. The van der Waals surface area contributed by atoms with Crippen molar-refractivity contribution in [2.24, 2.45) is 10.9 Å². The molecule has 2 fully saturated rings. The van der Waals surface area contributed by atoms with E-state index in [1.165, 1.54) is 11.8 Å². The quantitative estimate of drug-likeness (QED) is 0.832. The molecular weight excluding hydrogens is 332 g/mol. The van der Waals surface area contributed by atoms with Gasteiger partial charge in [-0.2, -0.15) is 4.99 Å². The van der Waals surface area contributed by atoms with Crippen molar-refractivity contribution in [1.82, 2.24) is 4.90 Å². The van der Waals surface area contributed by atoms with Gasteiger partial charge < -0.3 is 4.90 Å². The molecule has 1 aromatic rings. The highest BCUT2D eigenvalue weighted by atomic mass is 32.2. The summed E-state index contributed by atoms with van der Waals surface area (Å²) in [6.07, 6.45) is 0. The van der Waals surface area contributed by atoms with Gasteiger partial charge in [-0.05, 0) is 5.56 Å². The first-order valence-electron chi connectivity index (χ1n) is 7.66. The summed E-state index contributed by atoms with van der Waals surface area (Å²) in [7, 11) is -3.00. The first-order chi connectivity index (χ1) is 10.9. The zero-order valence-corrected chi connectivity index (χ0v) is 14.8. The molecule has 0 saturated carbocycles. The highest BCUT2D eigenvalue weighted by Gasteiger charge is 2.48. The van der Waals surface area contributed by atoms with E-state index in [2.05, 4.69) is 4.99 Å². The standard InChI is InChI=1S/C16H20N2O3S2/c1-11(2)15(19)17-16-18(8-12-6-4-3-5-7-12)13-9-23(20,21)10-14(13)22-16/h3-7,11,13-14H,8-10H2,1-2H3/t13-,14+/m1/s1. The predicted molar refractivity (Wildman–Crippen MR) is 93.1 cm³/mol. The average molecular weight is 352 g/mol. The van der Waals surface area contributed by atoms with Gasteiger partial charge in [-0.15, -0.1) is 0 Å². The molecule has 2 heterocycles. The van der Waals surface area contributed by atoms with E-state index in [9.17, 15) is 13.2 Å². The molecule has 1 amide bonds. The van der Waals surface area contributed by atoms with E-state index in [1.807, 2.05) is 49.1 Å². The zero-order valence-electron chi connectivity index (χ0n) is 13.2. The minimum absolute atomic E-state index is 0.0255. The molecule has 0 bridgehead atoms. The maximum Gasteiger partial charge on any atom is 0.250 e. The van der Waals surface area contributed by atoms with Crippen molar-refractivity contribution in [2.75, 3.05) is 11.5 Å². The van der Waals surface area contributed by atoms with Gasteiger partial charge in [0, 0.05) is 17.7 Å². The molecule has 124 valence electrons. The summed E-state index contributed by atoms with van der Waals surface area (Å²) in [5, 5.41) is 0.639. The van der Waals surface area contributed by atoms with Crippen LogP contribution in [0.4, 0.5) is 0 Å². The van der Waals surface area contributed by atoms with Crippen LogP contribution in [0.25, 0.3) is 0 Å². The van der Waals surface area contributed by atoms with Crippen molar-refractivity contribution in [3.63, 3.8) is 0 Å². The number of aliphatic imine (C=N–C) groups is 1. The molecule has 0 spiro atoms. The van der Waals surface area contributed by atoms with Crippen LogP contribution in [0.5, 0.6) is 0 Å². The third-order valence-electron chi connectivity index (χ3n) is 4.07. The van der Waals surface area contributed by atoms with Gasteiger partial charge in [0.15, 0.2) is 15.0 Å². The molecule has 5 nitrogen and oxygen atoms in total. The Morgan fingerprint density at radius 1 is 1.30 bits per heavy atom. The number of carbonyl (C=O) groups excluding carboxylic acids is 1. The fraction of sp³-hybridized carbons (Fsp3) is 0.500. The highest BCUT2D eigenvalue weighted by Crippen LogP contribution is 2.39. The number of sulfone groups is 1. The molecule has 0 N–H and O–H groups in total. The largest absolute Gasteiger partial charge is 0.342 e. The minimum Gasteiger partial charge on any atom is -0.342 e. The molecule has 0 unspecified atom stereocenters. The molecule has 0 aliphatic carbocycles. The van der Waals surface area contributed by atoms with E-state index >= 15 is 0 Å². The number of hydrogen-bond acceptors (Lipinski definition) is 4. The van der Waals surface area contributed by atoms with Gasteiger partial charge in [0.1, 0.15) is 0 Å².